The Morgan fingerprint density at radius 1 is 1.18 bits per heavy atom. The summed E-state index contributed by atoms with van der Waals surface area (Å²) in [5, 5.41) is 2.10. The van der Waals surface area contributed by atoms with Crippen LogP contribution in [0, 0.1) is 12.3 Å². The predicted octanol–water partition coefficient (Wildman–Crippen LogP) is 5.42. The molecule has 33 heavy (non-hydrogen) atoms. The van der Waals surface area contributed by atoms with Gasteiger partial charge in [-0.1, -0.05) is 24.3 Å². The Labute approximate surface area is 203 Å². The molecule has 7 heteroatoms. The van der Waals surface area contributed by atoms with Crippen LogP contribution in [0.5, 0.6) is 0 Å². The van der Waals surface area contributed by atoms with Crippen molar-refractivity contribution in [3.63, 3.8) is 0 Å². The van der Waals surface area contributed by atoms with Gasteiger partial charge in [0.15, 0.2) is 0 Å². The summed E-state index contributed by atoms with van der Waals surface area (Å²) in [7, 11) is 0. The van der Waals surface area contributed by atoms with Crippen molar-refractivity contribution < 1.29 is 14.0 Å². The monoisotopic (exact) mass is 484 g/mol. The highest BCUT2D eigenvalue weighted by molar-refractivity contribution is 7.10. The number of halogens is 1. The lowest BCUT2D eigenvalue weighted by Gasteiger charge is -2.39. The van der Waals surface area contributed by atoms with Crippen LogP contribution in [0.3, 0.4) is 0 Å². The molecular weight excluding hydrogens is 456 g/mol. The zero-order valence-electron chi connectivity index (χ0n) is 19.2. The van der Waals surface area contributed by atoms with E-state index in [0.717, 1.165) is 17.5 Å². The van der Waals surface area contributed by atoms with Gasteiger partial charge in [-0.3, -0.25) is 9.59 Å². The third kappa shape index (κ3) is 4.87. The van der Waals surface area contributed by atoms with Crippen LogP contribution in [0.1, 0.15) is 47.2 Å². The van der Waals surface area contributed by atoms with E-state index in [1.165, 1.54) is 10.4 Å². The van der Waals surface area contributed by atoms with Gasteiger partial charge in [0.2, 0.25) is 11.8 Å². The number of furan rings is 1. The van der Waals surface area contributed by atoms with Crippen LogP contribution in [0.4, 0.5) is 0 Å². The molecule has 1 aliphatic heterocycles. The number of hydrogen-bond acceptors (Lipinski definition) is 4. The van der Waals surface area contributed by atoms with Gasteiger partial charge in [-0.05, 0) is 67.5 Å². The van der Waals surface area contributed by atoms with E-state index in [9.17, 15) is 9.59 Å². The van der Waals surface area contributed by atoms with Crippen LogP contribution in [0.2, 0.25) is 0 Å². The summed E-state index contributed by atoms with van der Waals surface area (Å²) < 4.78 is 5.48. The zero-order chi connectivity index (χ0) is 23.6. The Morgan fingerprint density at radius 3 is 2.67 bits per heavy atom. The van der Waals surface area contributed by atoms with Gasteiger partial charge in [-0.15, -0.1) is 22.9 Å². The van der Waals surface area contributed by atoms with Crippen LogP contribution in [0.25, 0.3) is 0 Å². The van der Waals surface area contributed by atoms with E-state index in [0.29, 0.717) is 12.3 Å². The number of carbonyl (C=O) groups excluding carboxylic acids is 2. The molecule has 5 nitrogen and oxygen atoms in total. The fourth-order valence-corrected chi connectivity index (χ4v) is 5.36. The number of hydrogen-bond donors (Lipinski definition) is 0. The number of thiophene rings is 1. The molecule has 1 aromatic carbocycles. The first-order chi connectivity index (χ1) is 15.8. The van der Waals surface area contributed by atoms with Crippen molar-refractivity contribution in [2.24, 2.45) is 5.41 Å². The molecule has 0 saturated carbocycles. The smallest absolute Gasteiger partial charge is 0.243 e. The molecule has 1 unspecified atom stereocenters. The lowest BCUT2D eigenvalue weighted by atomic mass is 9.90. The van der Waals surface area contributed by atoms with Crippen molar-refractivity contribution >= 4 is 34.8 Å². The number of benzene rings is 1. The maximum Gasteiger partial charge on any atom is 0.243 e. The molecule has 1 atom stereocenters. The van der Waals surface area contributed by atoms with Crippen molar-refractivity contribution in [1.29, 1.82) is 0 Å². The zero-order valence-corrected chi connectivity index (χ0v) is 20.8. The molecule has 0 saturated heterocycles. The predicted molar refractivity (Wildman–Crippen MR) is 131 cm³/mol. The average Bonchev–Trinajstić information content (AvgIpc) is 3.49. The molecule has 0 radical (unpaired) electrons. The highest BCUT2D eigenvalue weighted by atomic mass is 35.5. The molecule has 0 spiro atoms. The van der Waals surface area contributed by atoms with Gasteiger partial charge in [0.05, 0.1) is 24.3 Å². The van der Waals surface area contributed by atoms with E-state index in [4.69, 9.17) is 16.0 Å². The molecule has 0 N–H and O–H groups in total. The van der Waals surface area contributed by atoms with Crippen LogP contribution >= 0.6 is 22.9 Å². The minimum Gasteiger partial charge on any atom is -0.467 e. The van der Waals surface area contributed by atoms with E-state index in [1.54, 1.807) is 42.4 Å². The van der Waals surface area contributed by atoms with Gasteiger partial charge < -0.3 is 14.2 Å². The summed E-state index contributed by atoms with van der Waals surface area (Å²) >= 11 is 7.84. The van der Waals surface area contributed by atoms with Crippen molar-refractivity contribution in [1.82, 2.24) is 9.80 Å². The summed E-state index contributed by atoms with van der Waals surface area (Å²) in [5.74, 6) is 0.562. The number of nitrogens with zero attached hydrogens (tertiary/aromatic N) is 2. The Bertz CT molecular complexity index is 1120. The first kappa shape index (κ1) is 23.6. The number of aryl methyl sites for hydroxylation is 1. The summed E-state index contributed by atoms with van der Waals surface area (Å²) in [6.07, 6.45) is 2.39. The molecule has 2 amide bonds. The third-order valence-corrected chi connectivity index (χ3v) is 7.89. The Hall–Kier alpha value is -2.57. The molecule has 3 heterocycles. The molecular formula is C26H29ClN2O3S. The summed E-state index contributed by atoms with van der Waals surface area (Å²) in [5.41, 5.74) is 2.66. The molecule has 174 valence electrons. The van der Waals surface area contributed by atoms with Crippen molar-refractivity contribution in [3.05, 3.63) is 81.4 Å². The van der Waals surface area contributed by atoms with Gasteiger partial charge in [-0.25, -0.2) is 0 Å². The summed E-state index contributed by atoms with van der Waals surface area (Å²) in [6, 6.07) is 13.8. The minimum absolute atomic E-state index is 0.0261. The topological polar surface area (TPSA) is 53.8 Å². The number of carbonyl (C=O) groups is 2. The van der Waals surface area contributed by atoms with Crippen molar-refractivity contribution in [2.75, 3.05) is 19.0 Å². The Kier molecular flexibility index (Phi) is 6.96. The molecule has 4 rings (SSSR count). The normalized spacial score (nSPS) is 15.9. The first-order valence-corrected chi connectivity index (χ1v) is 12.5. The maximum atomic E-state index is 13.8. The SMILES string of the molecule is Cc1ccccc1C1c2ccsc2CCN1C(=O)CN(Cc1ccco1)C(=O)C(C)(C)CCl. The van der Waals surface area contributed by atoms with Crippen LogP contribution in [0.15, 0.2) is 58.5 Å². The van der Waals surface area contributed by atoms with Gasteiger partial charge in [-0.2, -0.15) is 0 Å². The van der Waals surface area contributed by atoms with E-state index >= 15 is 0 Å². The number of rotatable bonds is 7. The van der Waals surface area contributed by atoms with E-state index in [-0.39, 0.29) is 36.8 Å². The highest BCUT2D eigenvalue weighted by Gasteiger charge is 2.37. The number of amides is 2. The Balaban J connectivity index is 1.65. The molecule has 2 aromatic heterocycles. The van der Waals surface area contributed by atoms with Crippen molar-refractivity contribution in [3.8, 4) is 0 Å². The van der Waals surface area contributed by atoms with Crippen LogP contribution in [-0.2, 0) is 22.6 Å². The second-order valence-electron chi connectivity index (χ2n) is 9.15. The largest absolute Gasteiger partial charge is 0.467 e. The molecule has 0 fully saturated rings. The second kappa shape index (κ2) is 9.74. The molecule has 0 aliphatic carbocycles. The fraction of sp³-hybridized carbons (Fsp3) is 0.385. The summed E-state index contributed by atoms with van der Waals surface area (Å²) in [6.45, 7) is 6.50. The number of fused-ring (bicyclic) bond motifs is 1. The molecule has 3 aromatic rings. The fourth-order valence-electron chi connectivity index (χ4n) is 4.34. The standard InChI is InChI=1S/C26H29ClN2O3S/c1-18-7-4-5-9-20(18)24-21-11-14-33-22(21)10-12-29(24)23(30)16-28(15-19-8-6-13-32-19)25(31)26(2,3)17-27/h4-9,11,13-14,24H,10,12,15-17H2,1-3H3. The Morgan fingerprint density at radius 2 is 1.97 bits per heavy atom. The van der Waals surface area contributed by atoms with Gasteiger partial charge >= 0.3 is 0 Å². The van der Waals surface area contributed by atoms with E-state index < -0.39 is 5.41 Å². The lowest BCUT2D eigenvalue weighted by Crippen LogP contribution is -2.49. The van der Waals surface area contributed by atoms with Gasteiger partial charge in [0.25, 0.3) is 0 Å². The molecule has 0 bridgehead atoms. The number of alkyl halides is 1. The van der Waals surface area contributed by atoms with Crippen molar-refractivity contribution in [2.45, 2.75) is 39.8 Å². The quantitative estimate of drug-likeness (QED) is 0.421. The van der Waals surface area contributed by atoms with Crippen LogP contribution in [-0.4, -0.2) is 40.6 Å². The highest BCUT2D eigenvalue weighted by Crippen LogP contribution is 2.39. The van der Waals surface area contributed by atoms with E-state index in [1.807, 2.05) is 23.1 Å². The lowest BCUT2D eigenvalue weighted by molar-refractivity contribution is -0.147. The average molecular weight is 485 g/mol. The minimum atomic E-state index is -0.785. The summed E-state index contributed by atoms with van der Waals surface area (Å²) in [4.78, 5) is 31.9. The van der Waals surface area contributed by atoms with Crippen LogP contribution < -0.4 is 0 Å². The maximum absolute atomic E-state index is 13.8. The molecule has 1 aliphatic rings. The van der Waals surface area contributed by atoms with E-state index in [2.05, 4.69) is 30.5 Å². The third-order valence-electron chi connectivity index (χ3n) is 6.22. The second-order valence-corrected chi connectivity index (χ2v) is 10.4. The van der Waals surface area contributed by atoms with Gasteiger partial charge in [0, 0.05) is 17.3 Å². The first-order valence-electron chi connectivity index (χ1n) is 11.1. The van der Waals surface area contributed by atoms with Gasteiger partial charge in [0.1, 0.15) is 12.3 Å².